The van der Waals surface area contributed by atoms with Gasteiger partial charge in [0.25, 0.3) is 0 Å². The number of hydrogen-bond donors (Lipinski definition) is 2. The van der Waals surface area contributed by atoms with Gasteiger partial charge in [-0.1, -0.05) is 38.4 Å². The minimum absolute atomic E-state index is 0.0217. The van der Waals surface area contributed by atoms with Gasteiger partial charge in [0.05, 0.1) is 23.8 Å². The maximum Gasteiger partial charge on any atom is 0.339 e. The molecule has 0 aromatic heterocycles. The maximum absolute atomic E-state index is 13.1. The molecule has 0 aliphatic rings. The molecule has 1 aromatic rings. The molecule has 0 saturated carbocycles. The normalized spacial score (nSPS) is 11.2. The molecular weight excluding hydrogens is 556 g/mol. The number of hydrogen-bond acceptors (Lipinski definition) is 12. The van der Waals surface area contributed by atoms with Gasteiger partial charge < -0.3 is 33.9 Å². The Morgan fingerprint density at radius 3 is 1.64 bits per heavy atom. The number of aliphatic hydroxyl groups excluding tert-OH is 1. The SMILES string of the molecule is C=CC(=O)OCCC(O)Cc1cccc(C(=O)OCC(COC(=O)C=C)(COC(=O)C=C)COC(=O)C=C)c1C(=O)O. The van der Waals surface area contributed by atoms with Crippen molar-refractivity contribution in [3.8, 4) is 0 Å². The highest BCUT2D eigenvalue weighted by Crippen LogP contribution is 2.24. The van der Waals surface area contributed by atoms with Gasteiger partial charge in [0.1, 0.15) is 31.8 Å². The van der Waals surface area contributed by atoms with Crippen molar-refractivity contribution in [3.63, 3.8) is 0 Å². The van der Waals surface area contributed by atoms with Crippen molar-refractivity contribution in [2.24, 2.45) is 5.41 Å². The number of esters is 5. The van der Waals surface area contributed by atoms with Crippen molar-refractivity contribution >= 4 is 35.8 Å². The molecule has 0 aliphatic heterocycles. The van der Waals surface area contributed by atoms with Crippen LogP contribution in [0.5, 0.6) is 0 Å². The van der Waals surface area contributed by atoms with Gasteiger partial charge >= 0.3 is 35.8 Å². The summed E-state index contributed by atoms with van der Waals surface area (Å²) in [4.78, 5) is 71.7. The number of aliphatic hydroxyl groups is 1. The van der Waals surface area contributed by atoms with Crippen molar-refractivity contribution in [2.75, 3.05) is 33.0 Å². The molecular formula is C29H32O13. The van der Waals surface area contributed by atoms with Crippen LogP contribution in [-0.4, -0.2) is 85.2 Å². The van der Waals surface area contributed by atoms with Gasteiger partial charge in [-0.3, -0.25) is 0 Å². The third-order valence-corrected chi connectivity index (χ3v) is 5.47. The van der Waals surface area contributed by atoms with Crippen LogP contribution in [0.4, 0.5) is 0 Å². The predicted molar refractivity (Wildman–Crippen MR) is 145 cm³/mol. The van der Waals surface area contributed by atoms with E-state index in [9.17, 15) is 39.0 Å². The summed E-state index contributed by atoms with van der Waals surface area (Å²) >= 11 is 0. The van der Waals surface area contributed by atoms with Crippen LogP contribution in [0, 0.1) is 5.41 Å². The Bertz CT molecular complexity index is 1150. The third kappa shape index (κ3) is 11.6. The molecule has 0 amide bonds. The van der Waals surface area contributed by atoms with Crippen LogP contribution in [0.2, 0.25) is 0 Å². The number of ether oxygens (including phenoxy) is 5. The molecule has 1 atom stereocenters. The van der Waals surface area contributed by atoms with Crippen molar-refractivity contribution in [2.45, 2.75) is 18.9 Å². The first-order valence-corrected chi connectivity index (χ1v) is 12.3. The van der Waals surface area contributed by atoms with E-state index in [1.54, 1.807) is 0 Å². The van der Waals surface area contributed by atoms with Crippen LogP contribution in [0.3, 0.4) is 0 Å². The van der Waals surface area contributed by atoms with Gasteiger partial charge in [-0.2, -0.15) is 0 Å². The predicted octanol–water partition coefficient (Wildman–Crippen LogP) is 1.74. The Morgan fingerprint density at radius 2 is 1.19 bits per heavy atom. The van der Waals surface area contributed by atoms with Gasteiger partial charge in [-0.15, -0.1) is 0 Å². The number of benzene rings is 1. The largest absolute Gasteiger partial charge is 0.478 e. The molecule has 1 rings (SSSR count). The topological polar surface area (TPSA) is 189 Å². The lowest BCUT2D eigenvalue weighted by molar-refractivity contribution is -0.159. The minimum atomic E-state index is -1.63. The van der Waals surface area contributed by atoms with Crippen LogP contribution in [-0.2, 0) is 49.3 Å². The Labute approximate surface area is 241 Å². The van der Waals surface area contributed by atoms with E-state index in [1.807, 2.05) is 0 Å². The second-order valence-corrected chi connectivity index (χ2v) is 8.67. The number of carbonyl (C=O) groups is 6. The van der Waals surface area contributed by atoms with Crippen LogP contribution in [0.1, 0.15) is 32.7 Å². The van der Waals surface area contributed by atoms with E-state index in [0.29, 0.717) is 0 Å². The molecule has 0 saturated heterocycles. The quantitative estimate of drug-likeness (QED) is 0.135. The van der Waals surface area contributed by atoms with E-state index in [0.717, 1.165) is 24.3 Å². The van der Waals surface area contributed by atoms with Crippen molar-refractivity contribution < 1.29 is 62.7 Å². The fraction of sp³-hybridized carbons (Fsp3) is 0.310. The van der Waals surface area contributed by atoms with E-state index in [1.165, 1.54) is 18.2 Å². The fourth-order valence-electron chi connectivity index (χ4n) is 3.30. The summed E-state index contributed by atoms with van der Waals surface area (Å²) in [5, 5.41) is 20.2. The highest BCUT2D eigenvalue weighted by atomic mass is 16.6. The van der Waals surface area contributed by atoms with E-state index in [-0.39, 0.29) is 30.6 Å². The maximum atomic E-state index is 13.1. The molecule has 42 heavy (non-hydrogen) atoms. The molecule has 13 heteroatoms. The molecule has 1 unspecified atom stereocenters. The first kappa shape index (κ1) is 35.0. The molecule has 2 N–H and O–H groups in total. The average molecular weight is 589 g/mol. The molecule has 13 nitrogen and oxygen atoms in total. The Morgan fingerprint density at radius 1 is 0.738 bits per heavy atom. The smallest absolute Gasteiger partial charge is 0.339 e. The number of rotatable bonds is 19. The summed E-state index contributed by atoms with van der Waals surface area (Å²) in [5.74, 6) is -5.95. The zero-order chi connectivity index (χ0) is 31.7. The van der Waals surface area contributed by atoms with Crippen LogP contribution in [0.15, 0.2) is 68.8 Å². The van der Waals surface area contributed by atoms with Gasteiger partial charge in [-0.05, 0) is 18.1 Å². The fourth-order valence-corrected chi connectivity index (χ4v) is 3.30. The van der Waals surface area contributed by atoms with Crippen LogP contribution in [0.25, 0.3) is 0 Å². The standard InChI is InChI=1S/C29H32O13/c1-5-22(31)38-13-12-20(30)14-19-10-9-11-21(26(19)27(35)36)28(37)42-18-29(15-39-23(32)6-2,16-40-24(33)7-3)17-41-25(34)8-4/h5-11,20,30H,1-4,12-18H2,(H,35,36). The Balaban J connectivity index is 3.27. The van der Waals surface area contributed by atoms with E-state index in [4.69, 9.17) is 23.7 Å². The zero-order valence-corrected chi connectivity index (χ0v) is 22.8. The number of carboxylic acid groups (broad SMARTS) is 1. The second kappa shape index (κ2) is 17.6. The van der Waals surface area contributed by atoms with E-state index < -0.39 is 79.3 Å². The van der Waals surface area contributed by atoms with E-state index >= 15 is 0 Å². The molecule has 1 aromatic carbocycles. The van der Waals surface area contributed by atoms with E-state index in [2.05, 4.69) is 26.3 Å². The number of carboxylic acids is 1. The Hall–Kier alpha value is -5.04. The van der Waals surface area contributed by atoms with Crippen LogP contribution < -0.4 is 0 Å². The van der Waals surface area contributed by atoms with Gasteiger partial charge in [-0.25, -0.2) is 28.8 Å². The summed E-state index contributed by atoms with van der Waals surface area (Å²) in [7, 11) is 0. The lowest BCUT2D eigenvalue weighted by Gasteiger charge is -2.31. The molecule has 0 bridgehead atoms. The van der Waals surface area contributed by atoms with Crippen molar-refractivity contribution in [1.82, 2.24) is 0 Å². The average Bonchev–Trinajstić information content (AvgIpc) is 2.98. The molecule has 0 fully saturated rings. The summed E-state index contributed by atoms with van der Waals surface area (Å²) < 4.78 is 25.4. The monoisotopic (exact) mass is 588 g/mol. The summed E-state index contributed by atoms with van der Waals surface area (Å²) in [6.07, 6.45) is 2.16. The highest BCUT2D eigenvalue weighted by molar-refractivity contribution is 6.03. The summed E-state index contributed by atoms with van der Waals surface area (Å²) in [5.41, 5.74) is -2.38. The molecule has 0 heterocycles. The lowest BCUT2D eigenvalue weighted by Crippen LogP contribution is -2.43. The Kier molecular flexibility index (Phi) is 14.7. The lowest BCUT2D eigenvalue weighted by atomic mass is 9.91. The first-order valence-electron chi connectivity index (χ1n) is 12.3. The highest BCUT2D eigenvalue weighted by Gasteiger charge is 2.38. The van der Waals surface area contributed by atoms with Gasteiger partial charge in [0.2, 0.25) is 0 Å². The zero-order valence-electron chi connectivity index (χ0n) is 22.8. The molecule has 0 radical (unpaired) electrons. The van der Waals surface area contributed by atoms with Crippen molar-refractivity contribution in [1.29, 1.82) is 0 Å². The number of aromatic carboxylic acids is 1. The van der Waals surface area contributed by atoms with Gasteiger partial charge in [0.15, 0.2) is 0 Å². The van der Waals surface area contributed by atoms with Crippen LogP contribution >= 0.6 is 0 Å². The molecule has 226 valence electrons. The minimum Gasteiger partial charge on any atom is -0.478 e. The summed E-state index contributed by atoms with van der Waals surface area (Å²) in [6.45, 7) is 10.5. The molecule has 0 aliphatic carbocycles. The first-order chi connectivity index (χ1) is 19.9. The summed E-state index contributed by atoms with van der Waals surface area (Å²) in [6, 6.07) is 3.95. The number of carbonyl (C=O) groups excluding carboxylic acids is 5. The third-order valence-electron chi connectivity index (χ3n) is 5.47. The molecule has 0 spiro atoms. The second-order valence-electron chi connectivity index (χ2n) is 8.67. The van der Waals surface area contributed by atoms with Crippen molar-refractivity contribution in [3.05, 3.63) is 85.5 Å². The van der Waals surface area contributed by atoms with Gasteiger partial charge in [0, 0.05) is 30.7 Å².